The molecule has 0 N–H and O–H groups in total. The van der Waals surface area contributed by atoms with Gasteiger partial charge in [0.1, 0.15) is 3.70 Å². The number of aryl methyl sites for hydroxylation is 1. The lowest BCUT2D eigenvalue weighted by Gasteiger charge is -1.93. The Balaban J connectivity index is 2.86. The molecule has 0 atom stereocenters. The number of nitrogens with zero attached hydrogens (tertiary/aromatic N) is 3. The maximum atomic E-state index is 4.19. The fourth-order valence-corrected chi connectivity index (χ4v) is 1.45. The van der Waals surface area contributed by atoms with Gasteiger partial charge in [-0.05, 0) is 41.1 Å². The first kappa shape index (κ1) is 7.02. The first-order chi connectivity index (χ1) is 5.27. The number of halogens is 1. The van der Waals surface area contributed by atoms with Gasteiger partial charge in [0.25, 0.3) is 0 Å². The molecule has 0 aromatic carbocycles. The summed E-state index contributed by atoms with van der Waals surface area (Å²) in [5.41, 5.74) is 2.05. The number of hydrogen-bond donors (Lipinski definition) is 0. The predicted molar refractivity (Wildman–Crippen MR) is 50.4 cm³/mol. The number of aromatic nitrogens is 3. The molecule has 0 saturated carbocycles. The summed E-state index contributed by atoms with van der Waals surface area (Å²) in [6.07, 6.45) is 3.64. The van der Waals surface area contributed by atoms with Gasteiger partial charge in [-0.3, -0.25) is 0 Å². The fourth-order valence-electron chi connectivity index (χ4n) is 0.941. The van der Waals surface area contributed by atoms with Gasteiger partial charge in [-0.15, -0.1) is 0 Å². The summed E-state index contributed by atoms with van der Waals surface area (Å²) in [5.74, 6) is 0. The van der Waals surface area contributed by atoms with Crippen molar-refractivity contribution in [2.24, 2.45) is 0 Å². The second-order valence-electron chi connectivity index (χ2n) is 2.38. The molecular formula is C7H6IN3. The second-order valence-corrected chi connectivity index (χ2v) is 3.49. The van der Waals surface area contributed by atoms with E-state index in [-0.39, 0.29) is 0 Å². The maximum Gasteiger partial charge on any atom is 0.154 e. The van der Waals surface area contributed by atoms with Crippen LogP contribution in [0.4, 0.5) is 0 Å². The Morgan fingerprint density at radius 3 is 3.09 bits per heavy atom. The van der Waals surface area contributed by atoms with Crippen molar-refractivity contribution in [1.82, 2.24) is 14.6 Å². The van der Waals surface area contributed by atoms with Crippen LogP contribution < -0.4 is 0 Å². The van der Waals surface area contributed by atoms with Crippen LogP contribution in [0.1, 0.15) is 5.56 Å². The highest BCUT2D eigenvalue weighted by atomic mass is 127. The molecule has 2 rings (SSSR count). The molecule has 3 nitrogen and oxygen atoms in total. The van der Waals surface area contributed by atoms with Crippen molar-refractivity contribution in [2.45, 2.75) is 6.92 Å². The number of fused-ring (bicyclic) bond motifs is 1. The Morgan fingerprint density at radius 2 is 2.27 bits per heavy atom. The zero-order chi connectivity index (χ0) is 7.84. The van der Waals surface area contributed by atoms with Crippen LogP contribution in [0.3, 0.4) is 0 Å². The fraction of sp³-hybridized carbons (Fsp3) is 0.143. The molecule has 0 bridgehead atoms. The third-order valence-electron chi connectivity index (χ3n) is 1.46. The topological polar surface area (TPSA) is 30.2 Å². The van der Waals surface area contributed by atoms with Crippen LogP contribution in [-0.4, -0.2) is 14.6 Å². The Labute approximate surface area is 77.6 Å². The first-order valence-electron chi connectivity index (χ1n) is 3.23. The smallest absolute Gasteiger partial charge is 0.154 e. The summed E-state index contributed by atoms with van der Waals surface area (Å²) in [5, 5.41) is 4.19. The molecule has 0 aliphatic rings. The monoisotopic (exact) mass is 259 g/mol. The molecule has 0 amide bonds. The Hall–Kier alpha value is -0.650. The van der Waals surface area contributed by atoms with Gasteiger partial charge >= 0.3 is 0 Å². The minimum atomic E-state index is 0.911. The lowest BCUT2D eigenvalue weighted by atomic mass is 10.3. The molecule has 0 aliphatic carbocycles. The zero-order valence-electron chi connectivity index (χ0n) is 5.95. The minimum Gasteiger partial charge on any atom is -0.234 e. The molecule has 2 heterocycles. The Kier molecular flexibility index (Phi) is 1.56. The predicted octanol–water partition coefficient (Wildman–Crippen LogP) is 1.64. The van der Waals surface area contributed by atoms with Crippen molar-refractivity contribution in [3.8, 4) is 0 Å². The molecule has 0 saturated heterocycles. The Bertz CT molecular complexity index is 393. The van der Waals surface area contributed by atoms with Gasteiger partial charge in [0.2, 0.25) is 0 Å². The van der Waals surface area contributed by atoms with Crippen LogP contribution in [0.25, 0.3) is 5.65 Å². The third-order valence-corrected chi connectivity index (χ3v) is 2.19. The normalized spacial score (nSPS) is 10.7. The second kappa shape index (κ2) is 2.44. The molecule has 4 heteroatoms. The standard InChI is InChI=1S/C7H6IN3/c1-5-2-7-9-4-6(8)11(7)10-3-5/h2-4H,1H3. The maximum absolute atomic E-state index is 4.19. The average molecular weight is 259 g/mol. The molecule has 2 aromatic heterocycles. The molecule has 11 heavy (non-hydrogen) atoms. The summed E-state index contributed by atoms with van der Waals surface area (Å²) in [4.78, 5) is 4.17. The largest absolute Gasteiger partial charge is 0.234 e. The number of hydrogen-bond acceptors (Lipinski definition) is 2. The van der Waals surface area contributed by atoms with Crippen molar-refractivity contribution in [1.29, 1.82) is 0 Å². The van der Waals surface area contributed by atoms with Gasteiger partial charge in [-0.2, -0.15) is 5.10 Å². The lowest BCUT2D eigenvalue weighted by Crippen LogP contribution is -1.92. The van der Waals surface area contributed by atoms with E-state index in [1.807, 2.05) is 29.9 Å². The van der Waals surface area contributed by atoms with E-state index < -0.39 is 0 Å². The van der Waals surface area contributed by atoms with Gasteiger partial charge in [0.15, 0.2) is 5.65 Å². The van der Waals surface area contributed by atoms with Crippen LogP contribution >= 0.6 is 22.6 Å². The Morgan fingerprint density at radius 1 is 1.45 bits per heavy atom. The van der Waals surface area contributed by atoms with Crippen LogP contribution in [0.15, 0.2) is 18.5 Å². The van der Waals surface area contributed by atoms with Crippen molar-refractivity contribution < 1.29 is 0 Å². The highest BCUT2D eigenvalue weighted by Crippen LogP contribution is 2.07. The number of rotatable bonds is 0. The van der Waals surface area contributed by atoms with Gasteiger partial charge < -0.3 is 0 Å². The quantitative estimate of drug-likeness (QED) is 0.673. The average Bonchev–Trinajstić information content (AvgIpc) is 2.32. The van der Waals surface area contributed by atoms with E-state index in [4.69, 9.17) is 0 Å². The van der Waals surface area contributed by atoms with Crippen molar-refractivity contribution in [3.63, 3.8) is 0 Å². The summed E-state index contributed by atoms with van der Waals surface area (Å²) in [6, 6.07) is 2.01. The van der Waals surface area contributed by atoms with E-state index in [0.29, 0.717) is 0 Å². The van der Waals surface area contributed by atoms with E-state index in [0.717, 1.165) is 14.9 Å². The molecule has 56 valence electrons. The summed E-state index contributed by atoms with van der Waals surface area (Å²) in [7, 11) is 0. The molecule has 0 spiro atoms. The lowest BCUT2D eigenvalue weighted by molar-refractivity contribution is 0.905. The molecule has 0 aliphatic heterocycles. The molecule has 2 aromatic rings. The SMILES string of the molecule is Cc1cnn2c(I)cnc2c1. The van der Waals surface area contributed by atoms with Crippen LogP contribution in [0.2, 0.25) is 0 Å². The zero-order valence-corrected chi connectivity index (χ0v) is 8.11. The highest BCUT2D eigenvalue weighted by Gasteiger charge is 1.99. The van der Waals surface area contributed by atoms with Gasteiger partial charge in [-0.1, -0.05) is 0 Å². The van der Waals surface area contributed by atoms with E-state index in [1.165, 1.54) is 0 Å². The van der Waals surface area contributed by atoms with Crippen molar-refractivity contribution in [3.05, 3.63) is 27.7 Å². The van der Waals surface area contributed by atoms with Crippen molar-refractivity contribution in [2.75, 3.05) is 0 Å². The first-order valence-corrected chi connectivity index (χ1v) is 4.31. The van der Waals surface area contributed by atoms with Crippen LogP contribution in [0.5, 0.6) is 0 Å². The van der Waals surface area contributed by atoms with Crippen LogP contribution in [-0.2, 0) is 0 Å². The van der Waals surface area contributed by atoms with E-state index in [2.05, 4.69) is 32.7 Å². The minimum absolute atomic E-state index is 0.911. The van der Waals surface area contributed by atoms with Gasteiger partial charge in [0, 0.05) is 0 Å². The molecular weight excluding hydrogens is 253 g/mol. The van der Waals surface area contributed by atoms with E-state index >= 15 is 0 Å². The third kappa shape index (κ3) is 1.11. The number of imidazole rings is 1. The summed E-state index contributed by atoms with van der Waals surface area (Å²) >= 11 is 2.20. The summed E-state index contributed by atoms with van der Waals surface area (Å²) < 4.78 is 2.85. The highest BCUT2D eigenvalue weighted by molar-refractivity contribution is 14.1. The summed E-state index contributed by atoms with van der Waals surface area (Å²) in [6.45, 7) is 2.01. The van der Waals surface area contributed by atoms with Gasteiger partial charge in [0.05, 0.1) is 12.4 Å². The van der Waals surface area contributed by atoms with Gasteiger partial charge in [-0.25, -0.2) is 9.50 Å². The molecule has 0 fully saturated rings. The van der Waals surface area contributed by atoms with Crippen LogP contribution in [0, 0.1) is 10.6 Å². The molecule has 0 unspecified atom stereocenters. The van der Waals surface area contributed by atoms with E-state index in [1.54, 1.807) is 0 Å². The van der Waals surface area contributed by atoms with Crippen molar-refractivity contribution >= 4 is 28.2 Å². The molecule has 0 radical (unpaired) electrons. The van der Waals surface area contributed by atoms with E-state index in [9.17, 15) is 0 Å².